The Morgan fingerprint density at radius 3 is 2.75 bits per heavy atom. The fourth-order valence-electron chi connectivity index (χ4n) is 8.53. The Morgan fingerprint density at radius 2 is 1.91 bits per heavy atom. The summed E-state index contributed by atoms with van der Waals surface area (Å²) in [6, 6.07) is 3.95. The Kier molecular flexibility index (Phi) is 4.68. The van der Waals surface area contributed by atoms with Gasteiger partial charge in [0.1, 0.15) is 0 Å². The Balaban J connectivity index is 1.32. The van der Waals surface area contributed by atoms with Gasteiger partial charge in [0, 0.05) is 5.41 Å². The molecule has 1 aromatic carbocycles. The molecule has 4 aliphatic carbocycles. The van der Waals surface area contributed by atoms with E-state index in [-0.39, 0.29) is 12.2 Å². The maximum Gasteiger partial charge on any atom is 0.231 e. The molecule has 1 heterocycles. The number of ketones is 1. The summed E-state index contributed by atoms with van der Waals surface area (Å²) in [4.78, 5) is 13.7. The van der Waals surface area contributed by atoms with Crippen molar-refractivity contribution in [2.45, 2.75) is 71.6 Å². The lowest BCUT2D eigenvalue weighted by molar-refractivity contribution is -0.137. The highest BCUT2D eigenvalue weighted by Crippen LogP contribution is 2.66. The Bertz CT molecular complexity index is 980. The number of rotatable bonds is 2. The van der Waals surface area contributed by atoms with Gasteiger partial charge in [0.05, 0.1) is 7.11 Å². The van der Waals surface area contributed by atoms with Gasteiger partial charge in [-0.25, -0.2) is 0 Å². The van der Waals surface area contributed by atoms with E-state index in [0.29, 0.717) is 40.3 Å². The van der Waals surface area contributed by atoms with E-state index in [9.17, 15) is 4.79 Å². The fraction of sp³-hybridized carbons (Fsp3) is 0.679. The number of ether oxygens (including phenoxy) is 3. The predicted octanol–water partition coefficient (Wildman–Crippen LogP) is 6.42. The largest absolute Gasteiger partial charge is 0.493 e. The van der Waals surface area contributed by atoms with Crippen molar-refractivity contribution in [1.82, 2.24) is 0 Å². The first-order chi connectivity index (χ1) is 15.4. The number of fused-ring (bicyclic) bond motifs is 6. The molecule has 4 saturated carbocycles. The van der Waals surface area contributed by atoms with Crippen LogP contribution in [0.2, 0.25) is 0 Å². The van der Waals surface area contributed by atoms with Crippen LogP contribution >= 0.6 is 0 Å². The Hall–Kier alpha value is -1.97. The molecule has 0 bridgehead atoms. The van der Waals surface area contributed by atoms with Gasteiger partial charge in [-0.2, -0.15) is 0 Å². The van der Waals surface area contributed by atoms with Crippen molar-refractivity contribution in [3.8, 4) is 17.2 Å². The van der Waals surface area contributed by atoms with Crippen LogP contribution in [0.4, 0.5) is 0 Å². The summed E-state index contributed by atoms with van der Waals surface area (Å²) in [5, 5.41) is 0. The first-order valence-corrected chi connectivity index (χ1v) is 12.7. The van der Waals surface area contributed by atoms with Gasteiger partial charge < -0.3 is 14.2 Å². The second-order valence-corrected chi connectivity index (χ2v) is 11.5. The standard InChI is InChI=1S/C28H36O4/c1-27-10-5-4-6-19(27)7-8-20-21(27)9-11-28(2)22(20)15-18(26(28)29)12-17-13-23(30-3)25-24(14-17)31-16-32-25/h12-14,19-22H,4-11,15-16H2,1-3H3/b18-12+/t19-,20+,21+,22-,27+,28+/m1/s1. The van der Waals surface area contributed by atoms with Gasteiger partial charge in [0.25, 0.3) is 0 Å². The zero-order valence-electron chi connectivity index (χ0n) is 19.7. The molecule has 0 aromatic heterocycles. The molecule has 4 fully saturated rings. The number of carbonyl (C=O) groups is 1. The fourth-order valence-corrected chi connectivity index (χ4v) is 8.53. The summed E-state index contributed by atoms with van der Waals surface area (Å²) in [6.45, 7) is 5.09. The summed E-state index contributed by atoms with van der Waals surface area (Å²) < 4.78 is 16.7. The highest BCUT2D eigenvalue weighted by molar-refractivity contribution is 6.06. The average Bonchev–Trinajstić information content (AvgIpc) is 3.36. The van der Waals surface area contributed by atoms with Gasteiger partial charge in [0.2, 0.25) is 12.5 Å². The summed E-state index contributed by atoms with van der Waals surface area (Å²) >= 11 is 0. The quantitative estimate of drug-likeness (QED) is 0.502. The first kappa shape index (κ1) is 20.6. The molecule has 5 aliphatic rings. The van der Waals surface area contributed by atoms with Gasteiger partial charge in [-0.3, -0.25) is 4.79 Å². The van der Waals surface area contributed by atoms with Crippen LogP contribution in [0.25, 0.3) is 6.08 Å². The predicted molar refractivity (Wildman–Crippen MR) is 124 cm³/mol. The summed E-state index contributed by atoms with van der Waals surface area (Å²) in [7, 11) is 1.65. The van der Waals surface area contributed by atoms with Gasteiger partial charge in [-0.15, -0.1) is 0 Å². The lowest BCUT2D eigenvalue weighted by atomic mass is 9.45. The third-order valence-corrected chi connectivity index (χ3v) is 10.2. The molecular weight excluding hydrogens is 400 g/mol. The Morgan fingerprint density at radius 1 is 1.03 bits per heavy atom. The molecule has 6 rings (SSSR count). The van der Waals surface area contributed by atoms with Crippen molar-refractivity contribution in [2.24, 2.45) is 34.5 Å². The maximum atomic E-state index is 13.7. The second kappa shape index (κ2) is 7.27. The SMILES string of the molecule is COc1cc(/C=C2\C[C@@H]3[C@H]4CC[C@H]5CCCC[C@]5(C)[C@H]4CC[C@]3(C)C2=O)cc2c1OCO2. The van der Waals surface area contributed by atoms with Gasteiger partial charge in [0.15, 0.2) is 17.3 Å². The minimum Gasteiger partial charge on any atom is -0.493 e. The normalized spacial score (nSPS) is 41.2. The monoisotopic (exact) mass is 436 g/mol. The van der Waals surface area contributed by atoms with Crippen LogP contribution in [0.5, 0.6) is 17.2 Å². The molecular formula is C28H36O4. The molecule has 0 unspecified atom stereocenters. The average molecular weight is 437 g/mol. The van der Waals surface area contributed by atoms with Crippen LogP contribution in [0.15, 0.2) is 17.7 Å². The molecule has 6 atom stereocenters. The molecule has 0 radical (unpaired) electrons. The van der Waals surface area contributed by atoms with Crippen molar-refractivity contribution < 1.29 is 19.0 Å². The molecule has 0 N–H and O–H groups in total. The molecule has 172 valence electrons. The van der Waals surface area contributed by atoms with Crippen LogP contribution in [0, 0.1) is 34.5 Å². The molecule has 0 spiro atoms. The van der Waals surface area contributed by atoms with E-state index in [2.05, 4.69) is 19.9 Å². The topological polar surface area (TPSA) is 44.8 Å². The van der Waals surface area contributed by atoms with Crippen molar-refractivity contribution >= 4 is 11.9 Å². The van der Waals surface area contributed by atoms with Gasteiger partial charge in [-0.1, -0.05) is 26.7 Å². The zero-order valence-corrected chi connectivity index (χ0v) is 19.7. The molecule has 0 saturated heterocycles. The lowest BCUT2D eigenvalue weighted by Crippen LogP contribution is -2.52. The number of hydrogen-bond donors (Lipinski definition) is 0. The van der Waals surface area contributed by atoms with E-state index >= 15 is 0 Å². The molecule has 4 heteroatoms. The summed E-state index contributed by atoms with van der Waals surface area (Å²) in [5.74, 6) is 5.33. The van der Waals surface area contributed by atoms with E-state index in [1.54, 1.807) is 7.11 Å². The third kappa shape index (κ3) is 2.83. The third-order valence-electron chi connectivity index (χ3n) is 10.2. The van der Waals surface area contributed by atoms with Crippen LogP contribution < -0.4 is 14.2 Å². The number of carbonyl (C=O) groups excluding carboxylic acids is 1. The van der Waals surface area contributed by atoms with Crippen LogP contribution in [-0.2, 0) is 4.79 Å². The van der Waals surface area contributed by atoms with Gasteiger partial charge in [-0.05, 0) is 103 Å². The second-order valence-electron chi connectivity index (χ2n) is 11.5. The summed E-state index contributed by atoms with van der Waals surface area (Å²) in [5.41, 5.74) is 2.28. The van der Waals surface area contributed by atoms with E-state index in [1.165, 1.54) is 44.9 Å². The van der Waals surface area contributed by atoms with Crippen LogP contribution in [-0.4, -0.2) is 19.7 Å². The Labute approximate surface area is 191 Å². The van der Waals surface area contributed by atoms with Crippen molar-refractivity contribution in [1.29, 1.82) is 0 Å². The smallest absolute Gasteiger partial charge is 0.231 e. The number of Topliss-reactive ketones (excluding diaryl/α,β-unsaturated/α-hetero) is 1. The van der Waals surface area contributed by atoms with Crippen molar-refractivity contribution in [3.05, 3.63) is 23.3 Å². The number of hydrogen-bond acceptors (Lipinski definition) is 4. The van der Waals surface area contributed by atoms with E-state index in [4.69, 9.17) is 14.2 Å². The maximum absolute atomic E-state index is 13.7. The van der Waals surface area contributed by atoms with Crippen LogP contribution in [0.3, 0.4) is 0 Å². The van der Waals surface area contributed by atoms with E-state index < -0.39 is 0 Å². The highest BCUT2D eigenvalue weighted by Gasteiger charge is 2.60. The molecule has 0 amide bonds. The van der Waals surface area contributed by atoms with Crippen molar-refractivity contribution in [2.75, 3.05) is 13.9 Å². The van der Waals surface area contributed by atoms with Crippen LogP contribution in [0.1, 0.15) is 77.2 Å². The van der Waals surface area contributed by atoms with E-state index in [1.807, 2.05) is 12.1 Å². The minimum atomic E-state index is -0.189. The molecule has 1 aliphatic heterocycles. The minimum absolute atomic E-state index is 0.189. The highest BCUT2D eigenvalue weighted by atomic mass is 16.7. The van der Waals surface area contributed by atoms with Gasteiger partial charge >= 0.3 is 0 Å². The summed E-state index contributed by atoms with van der Waals surface area (Å²) in [6.07, 6.45) is 13.7. The first-order valence-electron chi connectivity index (χ1n) is 12.7. The molecule has 32 heavy (non-hydrogen) atoms. The van der Waals surface area contributed by atoms with Crippen molar-refractivity contribution in [3.63, 3.8) is 0 Å². The lowest BCUT2D eigenvalue weighted by Gasteiger charge is -2.59. The van der Waals surface area contributed by atoms with E-state index in [0.717, 1.165) is 35.8 Å². The zero-order chi connectivity index (χ0) is 22.1. The number of allylic oxidation sites excluding steroid dienone is 1. The molecule has 4 nitrogen and oxygen atoms in total. The number of benzene rings is 1. The molecule has 1 aromatic rings. The number of methoxy groups -OCH3 is 1.